The summed E-state index contributed by atoms with van der Waals surface area (Å²) >= 11 is 0. The van der Waals surface area contributed by atoms with Crippen molar-refractivity contribution in [1.29, 1.82) is 0 Å². The van der Waals surface area contributed by atoms with E-state index >= 15 is 0 Å². The van der Waals surface area contributed by atoms with Crippen molar-refractivity contribution in [2.75, 3.05) is 13.6 Å². The Balaban J connectivity index is 1.79. The topological polar surface area (TPSA) is 33.2 Å². The van der Waals surface area contributed by atoms with E-state index in [1.54, 1.807) is 12.4 Å². The van der Waals surface area contributed by atoms with Crippen LogP contribution in [0.1, 0.15) is 23.1 Å². The van der Waals surface area contributed by atoms with Crippen LogP contribution in [0.4, 0.5) is 0 Å². The number of carbonyl (C=O) groups is 1. The van der Waals surface area contributed by atoms with E-state index in [-0.39, 0.29) is 5.91 Å². The molecule has 1 aromatic heterocycles. The summed E-state index contributed by atoms with van der Waals surface area (Å²) in [6.07, 6.45) is 5.82. The van der Waals surface area contributed by atoms with Gasteiger partial charge in [0.1, 0.15) is 0 Å². The van der Waals surface area contributed by atoms with Gasteiger partial charge < -0.3 is 4.90 Å². The van der Waals surface area contributed by atoms with Crippen molar-refractivity contribution in [2.45, 2.75) is 26.2 Å². The molecule has 1 aromatic carbocycles. The van der Waals surface area contributed by atoms with Gasteiger partial charge in [-0.3, -0.25) is 9.78 Å². The molecule has 0 aliphatic carbocycles. The van der Waals surface area contributed by atoms with Crippen molar-refractivity contribution in [3.63, 3.8) is 0 Å². The molecule has 0 aliphatic heterocycles. The van der Waals surface area contributed by atoms with Gasteiger partial charge in [-0.1, -0.05) is 24.3 Å². The molecule has 0 spiro atoms. The lowest BCUT2D eigenvalue weighted by Crippen LogP contribution is -2.29. The van der Waals surface area contributed by atoms with Crippen LogP contribution in [0, 0.1) is 6.92 Å². The Labute approximate surface area is 126 Å². The number of nitrogens with zero attached hydrogens (tertiary/aromatic N) is 2. The van der Waals surface area contributed by atoms with Crippen molar-refractivity contribution in [2.24, 2.45) is 0 Å². The fourth-order valence-electron chi connectivity index (χ4n) is 2.29. The van der Waals surface area contributed by atoms with Crippen LogP contribution in [0.15, 0.2) is 48.8 Å². The molecule has 1 heterocycles. The maximum Gasteiger partial charge on any atom is 0.222 e. The number of benzene rings is 1. The summed E-state index contributed by atoms with van der Waals surface area (Å²) in [6, 6.07) is 12.2. The third-order valence-corrected chi connectivity index (χ3v) is 3.78. The maximum absolute atomic E-state index is 12.2. The van der Waals surface area contributed by atoms with Gasteiger partial charge in [-0.25, -0.2) is 0 Å². The second-order valence-corrected chi connectivity index (χ2v) is 5.35. The summed E-state index contributed by atoms with van der Waals surface area (Å²) in [4.78, 5) is 18.0. The zero-order chi connectivity index (χ0) is 15.1. The molecule has 0 unspecified atom stereocenters. The number of carbonyl (C=O) groups excluding carboxylic acids is 1. The summed E-state index contributed by atoms with van der Waals surface area (Å²) in [5, 5.41) is 0. The van der Waals surface area contributed by atoms with E-state index in [9.17, 15) is 4.79 Å². The van der Waals surface area contributed by atoms with E-state index in [2.05, 4.69) is 24.0 Å². The third kappa shape index (κ3) is 4.71. The van der Waals surface area contributed by atoms with Gasteiger partial charge in [0.25, 0.3) is 0 Å². The van der Waals surface area contributed by atoms with Gasteiger partial charge in [-0.15, -0.1) is 0 Å². The molecule has 21 heavy (non-hydrogen) atoms. The molecule has 0 fully saturated rings. The van der Waals surface area contributed by atoms with Crippen molar-refractivity contribution in [1.82, 2.24) is 9.88 Å². The Hall–Kier alpha value is -2.16. The Morgan fingerprint density at radius 1 is 1.10 bits per heavy atom. The predicted molar refractivity (Wildman–Crippen MR) is 85.1 cm³/mol. The minimum atomic E-state index is 0.201. The van der Waals surface area contributed by atoms with Crippen molar-refractivity contribution in [3.8, 4) is 0 Å². The number of amides is 1. The molecule has 0 saturated heterocycles. The minimum absolute atomic E-state index is 0.201. The molecule has 110 valence electrons. The number of likely N-dealkylation sites (N-methyl/N-ethyl adjacent to an activating group) is 1. The number of hydrogen-bond donors (Lipinski definition) is 0. The number of aryl methyl sites for hydroxylation is 2. The zero-order valence-corrected chi connectivity index (χ0v) is 12.7. The first-order valence-corrected chi connectivity index (χ1v) is 7.34. The number of pyridine rings is 1. The molecule has 0 aliphatic rings. The van der Waals surface area contributed by atoms with Crippen molar-refractivity contribution < 1.29 is 4.79 Å². The Bertz CT molecular complexity index is 581. The fourth-order valence-corrected chi connectivity index (χ4v) is 2.29. The minimum Gasteiger partial charge on any atom is -0.345 e. The largest absolute Gasteiger partial charge is 0.345 e. The van der Waals surface area contributed by atoms with Gasteiger partial charge in [0.05, 0.1) is 0 Å². The summed E-state index contributed by atoms with van der Waals surface area (Å²) in [7, 11) is 1.88. The van der Waals surface area contributed by atoms with Gasteiger partial charge in [0, 0.05) is 32.4 Å². The lowest BCUT2D eigenvalue weighted by Gasteiger charge is -2.17. The van der Waals surface area contributed by atoms with Crippen LogP contribution < -0.4 is 0 Å². The van der Waals surface area contributed by atoms with Crippen LogP contribution in [-0.4, -0.2) is 29.4 Å². The first-order valence-electron chi connectivity index (χ1n) is 7.34. The Morgan fingerprint density at radius 3 is 2.52 bits per heavy atom. The third-order valence-electron chi connectivity index (χ3n) is 3.78. The molecular weight excluding hydrogens is 260 g/mol. The quantitative estimate of drug-likeness (QED) is 0.816. The summed E-state index contributed by atoms with van der Waals surface area (Å²) in [5.41, 5.74) is 3.72. The maximum atomic E-state index is 12.2. The van der Waals surface area contributed by atoms with Crippen LogP contribution >= 0.6 is 0 Å². The van der Waals surface area contributed by atoms with Crippen LogP contribution in [0.5, 0.6) is 0 Å². The van der Waals surface area contributed by atoms with Crippen molar-refractivity contribution in [3.05, 3.63) is 65.5 Å². The monoisotopic (exact) mass is 282 g/mol. The van der Waals surface area contributed by atoms with Crippen LogP contribution in [-0.2, 0) is 17.6 Å². The van der Waals surface area contributed by atoms with Gasteiger partial charge >= 0.3 is 0 Å². The highest BCUT2D eigenvalue weighted by molar-refractivity contribution is 5.76. The molecule has 2 rings (SSSR count). The van der Waals surface area contributed by atoms with Gasteiger partial charge in [-0.05, 0) is 48.6 Å². The van der Waals surface area contributed by atoms with Crippen LogP contribution in [0.2, 0.25) is 0 Å². The molecule has 2 aromatic rings. The lowest BCUT2D eigenvalue weighted by atomic mass is 10.0. The first kappa shape index (κ1) is 15.2. The van der Waals surface area contributed by atoms with E-state index < -0.39 is 0 Å². The van der Waals surface area contributed by atoms with Crippen LogP contribution in [0.25, 0.3) is 0 Å². The molecule has 0 atom stereocenters. The average Bonchev–Trinajstić information content (AvgIpc) is 2.52. The highest BCUT2D eigenvalue weighted by Crippen LogP contribution is 2.10. The highest BCUT2D eigenvalue weighted by atomic mass is 16.2. The number of rotatable bonds is 6. The first-order chi connectivity index (χ1) is 10.2. The van der Waals surface area contributed by atoms with E-state index in [1.165, 1.54) is 16.7 Å². The van der Waals surface area contributed by atoms with Gasteiger partial charge in [0.2, 0.25) is 5.91 Å². The second kappa shape index (κ2) is 7.58. The average molecular weight is 282 g/mol. The molecule has 0 bridgehead atoms. The van der Waals surface area contributed by atoms with Crippen molar-refractivity contribution >= 4 is 5.91 Å². The molecule has 0 N–H and O–H groups in total. The van der Waals surface area contributed by atoms with E-state index in [0.717, 1.165) is 19.4 Å². The summed E-state index contributed by atoms with van der Waals surface area (Å²) in [6.45, 7) is 2.84. The lowest BCUT2D eigenvalue weighted by molar-refractivity contribution is -0.129. The number of aromatic nitrogens is 1. The predicted octanol–water partition coefficient (Wildman–Crippen LogP) is 3.02. The summed E-state index contributed by atoms with van der Waals surface area (Å²) in [5.74, 6) is 0.201. The van der Waals surface area contributed by atoms with E-state index in [4.69, 9.17) is 0 Å². The Kier molecular flexibility index (Phi) is 5.50. The molecule has 3 heteroatoms. The second-order valence-electron chi connectivity index (χ2n) is 5.35. The molecule has 1 amide bonds. The normalized spacial score (nSPS) is 10.4. The van der Waals surface area contributed by atoms with Gasteiger partial charge in [0.15, 0.2) is 0 Å². The zero-order valence-electron chi connectivity index (χ0n) is 12.7. The molecule has 0 radical (unpaired) electrons. The molecule has 3 nitrogen and oxygen atoms in total. The SMILES string of the molecule is Cc1ccccc1CCC(=O)N(C)CCc1ccncc1. The number of hydrogen-bond acceptors (Lipinski definition) is 2. The van der Waals surface area contributed by atoms with Gasteiger partial charge in [-0.2, -0.15) is 0 Å². The Morgan fingerprint density at radius 2 is 1.81 bits per heavy atom. The summed E-state index contributed by atoms with van der Waals surface area (Å²) < 4.78 is 0. The smallest absolute Gasteiger partial charge is 0.222 e. The standard InChI is InChI=1S/C18H22N2O/c1-15-5-3-4-6-17(15)7-8-18(21)20(2)14-11-16-9-12-19-13-10-16/h3-6,9-10,12-13H,7-8,11,14H2,1-2H3. The van der Waals surface area contributed by atoms with E-state index in [0.29, 0.717) is 6.42 Å². The fraction of sp³-hybridized carbons (Fsp3) is 0.333. The molecular formula is C18H22N2O. The van der Waals surface area contributed by atoms with Crippen LogP contribution in [0.3, 0.4) is 0 Å². The molecule has 0 saturated carbocycles. The highest BCUT2D eigenvalue weighted by Gasteiger charge is 2.09. The van der Waals surface area contributed by atoms with E-state index in [1.807, 2.05) is 36.2 Å².